The predicted octanol–water partition coefficient (Wildman–Crippen LogP) is 2.32. The molecule has 0 aromatic heterocycles. The Morgan fingerprint density at radius 3 is 2.79 bits per heavy atom. The van der Waals surface area contributed by atoms with Crippen LogP contribution in [0.5, 0.6) is 5.75 Å². The SMILES string of the molecule is COc1ccccc1NC(=O)NCC1CCN([C@H]2CCOC2)CC1. The molecule has 2 fully saturated rings. The van der Waals surface area contributed by atoms with Gasteiger partial charge in [0.25, 0.3) is 0 Å². The quantitative estimate of drug-likeness (QED) is 0.868. The summed E-state index contributed by atoms with van der Waals surface area (Å²) in [6.45, 7) is 4.71. The summed E-state index contributed by atoms with van der Waals surface area (Å²) in [6, 6.07) is 7.85. The third-order valence-electron chi connectivity index (χ3n) is 4.98. The van der Waals surface area contributed by atoms with Gasteiger partial charge in [-0.05, 0) is 50.4 Å². The van der Waals surface area contributed by atoms with Crippen LogP contribution in [0.2, 0.25) is 0 Å². The molecule has 2 amide bonds. The molecule has 2 heterocycles. The molecule has 3 rings (SSSR count). The molecule has 0 spiro atoms. The number of amides is 2. The van der Waals surface area contributed by atoms with Gasteiger partial charge in [0, 0.05) is 19.2 Å². The highest BCUT2D eigenvalue weighted by Gasteiger charge is 2.27. The number of benzene rings is 1. The van der Waals surface area contributed by atoms with Gasteiger partial charge in [0.1, 0.15) is 5.75 Å². The number of carbonyl (C=O) groups excluding carboxylic acids is 1. The van der Waals surface area contributed by atoms with Crippen molar-refractivity contribution >= 4 is 11.7 Å². The molecular weight excluding hydrogens is 306 g/mol. The van der Waals surface area contributed by atoms with Crippen LogP contribution < -0.4 is 15.4 Å². The summed E-state index contributed by atoms with van der Waals surface area (Å²) in [5, 5.41) is 5.84. The van der Waals surface area contributed by atoms with E-state index >= 15 is 0 Å². The third kappa shape index (κ3) is 4.39. The Morgan fingerprint density at radius 2 is 2.08 bits per heavy atom. The highest BCUT2D eigenvalue weighted by atomic mass is 16.5. The van der Waals surface area contributed by atoms with E-state index in [1.807, 2.05) is 24.3 Å². The van der Waals surface area contributed by atoms with Crippen LogP contribution in [0.4, 0.5) is 10.5 Å². The molecule has 1 aromatic rings. The third-order valence-corrected chi connectivity index (χ3v) is 4.98. The van der Waals surface area contributed by atoms with E-state index in [0.29, 0.717) is 23.4 Å². The molecular formula is C18H27N3O3. The maximum absolute atomic E-state index is 12.1. The van der Waals surface area contributed by atoms with E-state index in [4.69, 9.17) is 9.47 Å². The summed E-state index contributed by atoms with van der Waals surface area (Å²) in [4.78, 5) is 14.6. The molecule has 2 aliphatic heterocycles. The van der Waals surface area contributed by atoms with Crippen LogP contribution in [-0.2, 0) is 4.74 Å². The number of piperidine rings is 1. The largest absolute Gasteiger partial charge is 0.495 e. The second-order valence-corrected chi connectivity index (χ2v) is 6.53. The second kappa shape index (κ2) is 8.35. The number of hydrogen-bond donors (Lipinski definition) is 2. The van der Waals surface area contributed by atoms with Crippen molar-refractivity contribution in [2.24, 2.45) is 5.92 Å². The van der Waals surface area contributed by atoms with Gasteiger partial charge in [-0.1, -0.05) is 12.1 Å². The zero-order chi connectivity index (χ0) is 16.8. The van der Waals surface area contributed by atoms with E-state index in [9.17, 15) is 4.79 Å². The zero-order valence-corrected chi connectivity index (χ0v) is 14.3. The van der Waals surface area contributed by atoms with Crippen LogP contribution in [0.3, 0.4) is 0 Å². The van der Waals surface area contributed by atoms with Gasteiger partial charge >= 0.3 is 6.03 Å². The smallest absolute Gasteiger partial charge is 0.319 e. The number of nitrogens with one attached hydrogen (secondary N) is 2. The average molecular weight is 333 g/mol. The molecule has 24 heavy (non-hydrogen) atoms. The summed E-state index contributed by atoms with van der Waals surface area (Å²) < 4.78 is 10.7. The van der Waals surface area contributed by atoms with Gasteiger partial charge in [-0.25, -0.2) is 4.79 Å². The van der Waals surface area contributed by atoms with Crippen LogP contribution in [0.15, 0.2) is 24.3 Å². The number of ether oxygens (including phenoxy) is 2. The van der Waals surface area contributed by atoms with Gasteiger partial charge < -0.3 is 20.1 Å². The van der Waals surface area contributed by atoms with Gasteiger partial charge in [0.15, 0.2) is 0 Å². The number of urea groups is 1. The first-order valence-electron chi connectivity index (χ1n) is 8.76. The lowest BCUT2D eigenvalue weighted by molar-refractivity contribution is 0.110. The molecule has 132 valence electrons. The normalized spacial score (nSPS) is 22.3. The standard InChI is InChI=1S/C18H27N3O3/c1-23-17-5-3-2-4-16(17)20-18(22)19-12-14-6-9-21(10-7-14)15-8-11-24-13-15/h2-5,14-15H,6-13H2,1H3,(H2,19,20,22)/t15-/m0/s1. The molecule has 2 aliphatic rings. The number of hydrogen-bond acceptors (Lipinski definition) is 4. The first kappa shape index (κ1) is 17.0. The van der Waals surface area contributed by atoms with Crippen molar-refractivity contribution < 1.29 is 14.3 Å². The van der Waals surface area contributed by atoms with E-state index in [1.165, 1.54) is 0 Å². The van der Waals surface area contributed by atoms with Crippen molar-refractivity contribution in [2.75, 3.05) is 45.3 Å². The first-order valence-corrected chi connectivity index (χ1v) is 8.76. The van der Waals surface area contributed by atoms with Gasteiger partial charge in [0.2, 0.25) is 0 Å². The highest BCUT2D eigenvalue weighted by molar-refractivity contribution is 5.90. The fourth-order valence-corrected chi connectivity index (χ4v) is 3.48. The maximum atomic E-state index is 12.1. The average Bonchev–Trinajstić information content (AvgIpc) is 3.15. The molecule has 0 aliphatic carbocycles. The zero-order valence-electron chi connectivity index (χ0n) is 14.3. The minimum Gasteiger partial charge on any atom is -0.495 e. The summed E-state index contributed by atoms with van der Waals surface area (Å²) in [6.07, 6.45) is 3.42. The van der Waals surface area contributed by atoms with E-state index in [2.05, 4.69) is 15.5 Å². The van der Waals surface area contributed by atoms with Crippen LogP contribution in [0.1, 0.15) is 19.3 Å². The second-order valence-electron chi connectivity index (χ2n) is 6.53. The van der Waals surface area contributed by atoms with Crippen molar-refractivity contribution in [1.29, 1.82) is 0 Å². The highest BCUT2D eigenvalue weighted by Crippen LogP contribution is 2.23. The summed E-state index contributed by atoms with van der Waals surface area (Å²) >= 11 is 0. The van der Waals surface area contributed by atoms with Crippen LogP contribution in [0, 0.1) is 5.92 Å². The van der Waals surface area contributed by atoms with Gasteiger partial charge in [-0.3, -0.25) is 4.90 Å². The molecule has 1 atom stereocenters. The van der Waals surface area contributed by atoms with Crippen LogP contribution in [0.25, 0.3) is 0 Å². The number of nitrogens with zero attached hydrogens (tertiary/aromatic N) is 1. The molecule has 6 heteroatoms. The maximum Gasteiger partial charge on any atom is 0.319 e. The molecule has 6 nitrogen and oxygen atoms in total. The lowest BCUT2D eigenvalue weighted by Gasteiger charge is -2.35. The van der Waals surface area contributed by atoms with Gasteiger partial charge in [-0.2, -0.15) is 0 Å². The molecule has 0 saturated carbocycles. The monoisotopic (exact) mass is 333 g/mol. The summed E-state index contributed by atoms with van der Waals surface area (Å²) in [5.41, 5.74) is 0.688. The number of carbonyl (C=O) groups is 1. The van der Waals surface area contributed by atoms with E-state index < -0.39 is 0 Å². The predicted molar refractivity (Wildman–Crippen MR) is 93.5 cm³/mol. The van der Waals surface area contributed by atoms with Crippen LogP contribution in [-0.4, -0.2) is 56.9 Å². The number of rotatable bonds is 5. The fourth-order valence-electron chi connectivity index (χ4n) is 3.48. The summed E-state index contributed by atoms with van der Waals surface area (Å²) in [5.74, 6) is 1.21. The molecule has 2 saturated heterocycles. The number of para-hydroxylation sites is 2. The molecule has 0 radical (unpaired) electrons. The lowest BCUT2D eigenvalue weighted by Crippen LogP contribution is -2.44. The number of methoxy groups -OCH3 is 1. The minimum absolute atomic E-state index is 0.175. The van der Waals surface area contributed by atoms with E-state index in [0.717, 1.165) is 52.1 Å². The van der Waals surface area contributed by atoms with Crippen molar-refractivity contribution in [2.45, 2.75) is 25.3 Å². The van der Waals surface area contributed by atoms with Gasteiger partial charge in [0.05, 0.1) is 19.4 Å². The Morgan fingerprint density at radius 1 is 1.29 bits per heavy atom. The molecule has 0 unspecified atom stereocenters. The van der Waals surface area contributed by atoms with Crippen molar-refractivity contribution in [3.8, 4) is 5.75 Å². The Balaban J connectivity index is 1.39. The summed E-state index contributed by atoms with van der Waals surface area (Å²) in [7, 11) is 1.60. The number of likely N-dealkylation sites (tertiary alicyclic amines) is 1. The Kier molecular flexibility index (Phi) is 5.93. The van der Waals surface area contributed by atoms with E-state index in [1.54, 1.807) is 7.11 Å². The first-order chi connectivity index (χ1) is 11.8. The Bertz CT molecular complexity index is 538. The molecule has 1 aromatic carbocycles. The Hall–Kier alpha value is -1.79. The van der Waals surface area contributed by atoms with Crippen molar-refractivity contribution in [1.82, 2.24) is 10.2 Å². The molecule has 2 N–H and O–H groups in total. The number of anilines is 1. The van der Waals surface area contributed by atoms with E-state index in [-0.39, 0.29) is 6.03 Å². The van der Waals surface area contributed by atoms with Crippen molar-refractivity contribution in [3.05, 3.63) is 24.3 Å². The Labute approximate surface area is 143 Å². The van der Waals surface area contributed by atoms with Gasteiger partial charge in [-0.15, -0.1) is 0 Å². The van der Waals surface area contributed by atoms with Crippen molar-refractivity contribution in [3.63, 3.8) is 0 Å². The topological polar surface area (TPSA) is 62.8 Å². The minimum atomic E-state index is -0.175. The van der Waals surface area contributed by atoms with Crippen LogP contribution >= 0.6 is 0 Å². The fraction of sp³-hybridized carbons (Fsp3) is 0.611. The lowest BCUT2D eigenvalue weighted by atomic mass is 9.95. The molecule has 0 bridgehead atoms.